The summed E-state index contributed by atoms with van der Waals surface area (Å²) in [6, 6.07) is 17.5. The molecular formula is C26H32N2. The van der Waals surface area contributed by atoms with E-state index in [1.54, 1.807) is 0 Å². The third-order valence-electron chi connectivity index (χ3n) is 5.02. The maximum atomic E-state index is 9.08. The molecule has 2 aromatic carbocycles. The lowest BCUT2D eigenvalue weighted by molar-refractivity contribution is 0.00746. The molecule has 2 aromatic rings. The van der Waals surface area contributed by atoms with Crippen molar-refractivity contribution in [2.24, 2.45) is 0 Å². The van der Waals surface area contributed by atoms with Crippen LogP contribution in [0.2, 0.25) is 0 Å². The highest BCUT2D eigenvalue weighted by molar-refractivity contribution is 5.83. The second kappa shape index (κ2) is 11.9. The van der Waals surface area contributed by atoms with E-state index in [0.29, 0.717) is 0 Å². The number of allylic oxidation sites excluding steroid dienone is 2. The summed E-state index contributed by atoms with van der Waals surface area (Å²) in [5.41, 5.74) is 16.3. The largest absolute Gasteiger partial charge is 0.348 e. The van der Waals surface area contributed by atoms with E-state index >= 15 is 0 Å². The van der Waals surface area contributed by atoms with E-state index in [1.165, 1.54) is 35.1 Å². The molecule has 0 unspecified atom stereocenters. The Kier molecular flexibility index (Phi) is 9.22. The molecule has 0 fully saturated rings. The minimum atomic E-state index is 0.854. The molecule has 0 saturated carbocycles. The van der Waals surface area contributed by atoms with Gasteiger partial charge in [-0.25, -0.2) is 0 Å². The molecule has 2 nitrogen and oxygen atoms in total. The molecule has 0 heterocycles. The third-order valence-corrected chi connectivity index (χ3v) is 5.02. The summed E-state index contributed by atoms with van der Waals surface area (Å²) in [6.45, 7) is 6.57. The predicted molar refractivity (Wildman–Crippen MR) is 120 cm³/mol. The van der Waals surface area contributed by atoms with Crippen molar-refractivity contribution in [2.45, 2.75) is 65.7 Å². The lowest BCUT2D eigenvalue weighted by Gasteiger charge is -2.12. The molecule has 0 bridgehead atoms. The molecule has 0 aliphatic rings. The van der Waals surface area contributed by atoms with Crippen LogP contribution in [0.4, 0.5) is 0 Å². The van der Waals surface area contributed by atoms with Crippen LogP contribution in [0.1, 0.15) is 75.1 Å². The summed E-state index contributed by atoms with van der Waals surface area (Å²) in [7, 11) is 0. The first-order valence-electron chi connectivity index (χ1n) is 10.6. The van der Waals surface area contributed by atoms with E-state index < -0.39 is 0 Å². The van der Waals surface area contributed by atoms with Gasteiger partial charge in [0, 0.05) is 0 Å². The lowest BCUT2D eigenvalue weighted by Crippen LogP contribution is -1.94. The summed E-state index contributed by atoms with van der Waals surface area (Å²) in [4.78, 5) is 3.19. The lowest BCUT2D eigenvalue weighted by atomic mass is 9.92. The SMILES string of the molecule is CCCCC(=C=[N+]=[N-])C=C(c1cccc(CC)c1)c1cccc(CCCC)c1. The number of nitrogens with zero attached hydrogens (tertiary/aromatic N) is 2. The minimum absolute atomic E-state index is 0.854. The zero-order valence-corrected chi connectivity index (χ0v) is 17.5. The van der Waals surface area contributed by atoms with Crippen LogP contribution in [-0.4, -0.2) is 10.7 Å². The van der Waals surface area contributed by atoms with Crippen LogP contribution in [0, 0.1) is 0 Å². The molecule has 0 aromatic heterocycles. The Bertz CT molecular complexity index is 879. The van der Waals surface area contributed by atoms with Crippen molar-refractivity contribution >= 4 is 11.4 Å². The van der Waals surface area contributed by atoms with Crippen molar-refractivity contribution in [3.8, 4) is 0 Å². The zero-order chi connectivity index (χ0) is 20.2. The van der Waals surface area contributed by atoms with Crippen molar-refractivity contribution in [3.05, 3.63) is 88.0 Å². The molecule has 0 radical (unpaired) electrons. The Balaban J connectivity index is 2.57. The molecule has 0 aliphatic heterocycles. The van der Waals surface area contributed by atoms with Gasteiger partial charge in [-0.3, -0.25) is 0 Å². The molecule has 0 saturated heterocycles. The van der Waals surface area contributed by atoms with Gasteiger partial charge in [0.1, 0.15) is 0 Å². The maximum absolute atomic E-state index is 9.08. The van der Waals surface area contributed by atoms with E-state index in [1.807, 2.05) is 0 Å². The fraction of sp³-hybridized carbons (Fsp3) is 0.385. The highest BCUT2D eigenvalue weighted by atomic mass is 14.8. The van der Waals surface area contributed by atoms with Gasteiger partial charge in [0.2, 0.25) is 0 Å². The number of benzene rings is 2. The van der Waals surface area contributed by atoms with E-state index in [2.05, 4.69) is 86.0 Å². The average Bonchev–Trinajstić information content (AvgIpc) is 2.74. The Morgan fingerprint density at radius 3 is 2.18 bits per heavy atom. The number of rotatable bonds is 10. The molecule has 0 N–H and O–H groups in total. The van der Waals surface area contributed by atoms with Gasteiger partial charge in [-0.2, -0.15) is 0 Å². The molecule has 0 atom stereocenters. The molecule has 0 spiro atoms. The van der Waals surface area contributed by atoms with Crippen LogP contribution in [0.3, 0.4) is 0 Å². The number of hydrogen-bond donors (Lipinski definition) is 0. The highest BCUT2D eigenvalue weighted by Gasteiger charge is 2.10. The number of unbranched alkanes of at least 4 members (excludes halogenated alkanes) is 2. The summed E-state index contributed by atoms with van der Waals surface area (Å²) in [5.74, 6) is 2.79. The van der Waals surface area contributed by atoms with Crippen molar-refractivity contribution in [1.82, 2.24) is 0 Å². The standard InChI is InChI=1S/C26H32N2/c1-4-7-11-22-14-10-16-25(18-22)26(19-23(20-28-27)12-8-5-2)24-15-9-13-21(6-3)17-24/h9-10,13-19H,4-8,11-12H2,1-3H3. The Hall–Kier alpha value is -2.66. The van der Waals surface area contributed by atoms with Crippen molar-refractivity contribution in [2.75, 3.05) is 0 Å². The third kappa shape index (κ3) is 6.50. The van der Waals surface area contributed by atoms with Gasteiger partial charge in [-0.05, 0) is 66.0 Å². The molecule has 0 amide bonds. The summed E-state index contributed by atoms with van der Waals surface area (Å²) >= 11 is 0. The van der Waals surface area contributed by atoms with Gasteiger partial charge in [0.15, 0.2) is 0 Å². The summed E-state index contributed by atoms with van der Waals surface area (Å²) in [5, 5.41) is 0. The van der Waals surface area contributed by atoms with E-state index in [4.69, 9.17) is 5.53 Å². The topological polar surface area (TPSA) is 36.4 Å². The molecule has 28 heavy (non-hydrogen) atoms. The monoisotopic (exact) mass is 372 g/mol. The van der Waals surface area contributed by atoms with Gasteiger partial charge in [0.05, 0.1) is 5.57 Å². The van der Waals surface area contributed by atoms with Crippen LogP contribution in [0.5, 0.6) is 0 Å². The Labute approximate surface area is 170 Å². The quantitative estimate of drug-likeness (QED) is 0.186. The smallest absolute Gasteiger partial charge is 0.303 e. The van der Waals surface area contributed by atoms with Crippen molar-refractivity contribution in [1.29, 1.82) is 0 Å². The van der Waals surface area contributed by atoms with Gasteiger partial charge >= 0.3 is 5.87 Å². The second-order valence-electron chi connectivity index (χ2n) is 7.26. The first kappa shape index (κ1) is 21.6. The Morgan fingerprint density at radius 2 is 1.57 bits per heavy atom. The van der Waals surface area contributed by atoms with E-state index in [-0.39, 0.29) is 0 Å². The van der Waals surface area contributed by atoms with Crippen LogP contribution < -0.4 is 0 Å². The van der Waals surface area contributed by atoms with Crippen LogP contribution in [0.15, 0.2) is 60.2 Å². The highest BCUT2D eigenvalue weighted by Crippen LogP contribution is 2.28. The first-order valence-corrected chi connectivity index (χ1v) is 10.6. The number of aryl methyl sites for hydroxylation is 2. The van der Waals surface area contributed by atoms with Gasteiger partial charge in [-0.15, -0.1) is 4.79 Å². The fourth-order valence-corrected chi connectivity index (χ4v) is 3.33. The Morgan fingerprint density at radius 1 is 0.929 bits per heavy atom. The van der Waals surface area contributed by atoms with Gasteiger partial charge < -0.3 is 5.53 Å². The second-order valence-corrected chi connectivity index (χ2v) is 7.26. The van der Waals surface area contributed by atoms with E-state index in [0.717, 1.165) is 43.3 Å². The fourth-order valence-electron chi connectivity index (χ4n) is 3.33. The predicted octanol–water partition coefficient (Wildman–Crippen LogP) is 7.04. The molecule has 0 aliphatic carbocycles. The molecule has 146 valence electrons. The van der Waals surface area contributed by atoms with Crippen molar-refractivity contribution < 1.29 is 4.79 Å². The van der Waals surface area contributed by atoms with E-state index in [9.17, 15) is 0 Å². The molecule has 2 rings (SSSR count). The molecular weight excluding hydrogens is 340 g/mol. The molecule has 2 heteroatoms. The average molecular weight is 373 g/mol. The summed E-state index contributed by atoms with van der Waals surface area (Å²) < 4.78 is 0. The van der Waals surface area contributed by atoms with Crippen LogP contribution >= 0.6 is 0 Å². The minimum Gasteiger partial charge on any atom is -0.348 e. The summed E-state index contributed by atoms with van der Waals surface area (Å²) in [6.07, 6.45) is 9.65. The van der Waals surface area contributed by atoms with Crippen molar-refractivity contribution in [3.63, 3.8) is 0 Å². The van der Waals surface area contributed by atoms with Gasteiger partial charge in [0.25, 0.3) is 0 Å². The number of hydrogen-bond acceptors (Lipinski definition) is 0. The maximum Gasteiger partial charge on any atom is 0.303 e. The van der Waals surface area contributed by atoms with Crippen LogP contribution in [-0.2, 0) is 12.8 Å². The zero-order valence-electron chi connectivity index (χ0n) is 17.5. The normalized spacial score (nSPS) is 11.0. The van der Waals surface area contributed by atoms with Crippen LogP contribution in [0.25, 0.3) is 11.1 Å². The first-order chi connectivity index (χ1) is 13.7. The van der Waals surface area contributed by atoms with Gasteiger partial charge in [-0.1, -0.05) is 82.1 Å².